The van der Waals surface area contributed by atoms with Crippen LogP contribution in [0.5, 0.6) is 5.75 Å². The topological polar surface area (TPSA) is 109 Å². The quantitative estimate of drug-likeness (QED) is 0.539. The van der Waals surface area contributed by atoms with Crippen molar-refractivity contribution >= 4 is 35.0 Å². The number of alkyl halides is 2. The predicted octanol–water partition coefficient (Wildman–Crippen LogP) is 3.49. The minimum atomic E-state index is -2.96. The van der Waals surface area contributed by atoms with Gasteiger partial charge in [0.05, 0.1) is 6.20 Å². The van der Waals surface area contributed by atoms with Gasteiger partial charge in [0, 0.05) is 56.1 Å². The van der Waals surface area contributed by atoms with Crippen LogP contribution in [0.3, 0.4) is 0 Å². The number of halogens is 2. The molecule has 0 saturated carbocycles. The number of rotatable bonds is 6. The third-order valence-electron chi connectivity index (χ3n) is 5.63. The fourth-order valence-electron chi connectivity index (χ4n) is 3.75. The van der Waals surface area contributed by atoms with Crippen molar-refractivity contribution in [1.29, 1.82) is 0 Å². The van der Waals surface area contributed by atoms with Crippen molar-refractivity contribution in [2.24, 2.45) is 0 Å². The summed E-state index contributed by atoms with van der Waals surface area (Å²) in [5, 5.41) is 9.27. The molecular weight excluding hydrogens is 474 g/mol. The Hall–Kier alpha value is -4.48. The first kappa shape index (κ1) is 24.6. The molecule has 10 nitrogen and oxygen atoms in total. The van der Waals surface area contributed by atoms with Crippen molar-refractivity contribution in [1.82, 2.24) is 14.7 Å². The van der Waals surface area contributed by atoms with E-state index in [2.05, 4.69) is 25.4 Å². The molecular formula is C24H24F2N6O4. The van der Waals surface area contributed by atoms with Gasteiger partial charge in [0.25, 0.3) is 5.91 Å². The standard InChI is InChI=1S/C24H24F2N6O4/c1-16(33)30-12-14-31(15-13-30)19-6-4-18(5-7-19)28-24(35)32-21(10-11-27-32)29-22(34)17-2-8-20(9-3-17)36-23(25)26/h2-11,23H,12-15H2,1H3,(H,28,35)(H,29,34). The first-order valence-corrected chi connectivity index (χ1v) is 11.1. The van der Waals surface area contributed by atoms with Gasteiger partial charge < -0.3 is 25.2 Å². The molecule has 3 amide bonds. The number of nitrogens with one attached hydrogen (secondary N) is 2. The number of aromatic nitrogens is 2. The van der Waals surface area contributed by atoms with Gasteiger partial charge in [-0.05, 0) is 48.5 Å². The molecule has 2 aromatic carbocycles. The van der Waals surface area contributed by atoms with Gasteiger partial charge >= 0.3 is 12.6 Å². The van der Waals surface area contributed by atoms with E-state index in [1.54, 1.807) is 19.1 Å². The van der Waals surface area contributed by atoms with Crippen molar-refractivity contribution < 1.29 is 27.9 Å². The lowest BCUT2D eigenvalue weighted by molar-refractivity contribution is -0.129. The average molecular weight is 498 g/mol. The summed E-state index contributed by atoms with van der Waals surface area (Å²) >= 11 is 0. The normalized spacial score (nSPS) is 13.4. The number of hydrogen-bond donors (Lipinski definition) is 2. The molecule has 2 heterocycles. The monoisotopic (exact) mass is 498 g/mol. The van der Waals surface area contributed by atoms with E-state index < -0.39 is 18.5 Å². The zero-order valence-electron chi connectivity index (χ0n) is 19.4. The summed E-state index contributed by atoms with van der Waals surface area (Å²) in [5.74, 6) is -0.428. The molecule has 0 radical (unpaired) electrons. The molecule has 1 aliphatic heterocycles. The number of carbonyl (C=O) groups is 3. The Morgan fingerprint density at radius 3 is 2.19 bits per heavy atom. The van der Waals surface area contributed by atoms with E-state index in [-0.39, 0.29) is 23.0 Å². The van der Waals surface area contributed by atoms with Gasteiger partial charge in [-0.25, -0.2) is 4.79 Å². The highest BCUT2D eigenvalue weighted by Gasteiger charge is 2.19. The summed E-state index contributed by atoms with van der Waals surface area (Å²) in [4.78, 5) is 40.7. The van der Waals surface area contributed by atoms with Crippen LogP contribution in [0.4, 0.5) is 30.8 Å². The van der Waals surface area contributed by atoms with Crippen molar-refractivity contribution in [3.63, 3.8) is 0 Å². The number of ether oxygens (including phenoxy) is 1. The molecule has 36 heavy (non-hydrogen) atoms. The molecule has 4 rings (SSSR count). The fourth-order valence-corrected chi connectivity index (χ4v) is 3.75. The fraction of sp³-hybridized carbons (Fsp3) is 0.250. The highest BCUT2D eigenvalue weighted by Crippen LogP contribution is 2.21. The van der Waals surface area contributed by atoms with Gasteiger partial charge in [0.1, 0.15) is 11.6 Å². The van der Waals surface area contributed by atoms with Gasteiger partial charge in [0.15, 0.2) is 0 Å². The summed E-state index contributed by atoms with van der Waals surface area (Å²) in [6.07, 6.45) is 1.36. The number of anilines is 3. The number of amides is 3. The molecule has 1 aromatic heterocycles. The smallest absolute Gasteiger partial charge is 0.387 e. The highest BCUT2D eigenvalue weighted by molar-refractivity contribution is 6.05. The van der Waals surface area contributed by atoms with E-state index in [0.29, 0.717) is 18.8 Å². The van der Waals surface area contributed by atoms with Gasteiger partial charge in [-0.15, -0.1) is 0 Å². The number of nitrogens with zero attached hydrogens (tertiary/aromatic N) is 4. The molecule has 1 aliphatic rings. The van der Waals surface area contributed by atoms with E-state index in [0.717, 1.165) is 23.5 Å². The second-order valence-electron chi connectivity index (χ2n) is 7.96. The highest BCUT2D eigenvalue weighted by atomic mass is 19.3. The van der Waals surface area contributed by atoms with E-state index >= 15 is 0 Å². The predicted molar refractivity (Wildman–Crippen MR) is 129 cm³/mol. The number of carbonyl (C=O) groups excluding carboxylic acids is 3. The second-order valence-corrected chi connectivity index (χ2v) is 7.96. The molecule has 0 aliphatic carbocycles. The molecule has 2 N–H and O–H groups in total. The van der Waals surface area contributed by atoms with Crippen LogP contribution in [0.15, 0.2) is 60.8 Å². The van der Waals surface area contributed by atoms with Crippen LogP contribution in [0.25, 0.3) is 0 Å². The largest absolute Gasteiger partial charge is 0.435 e. The molecule has 188 valence electrons. The van der Waals surface area contributed by atoms with Gasteiger partial charge in [0.2, 0.25) is 5.91 Å². The lowest BCUT2D eigenvalue weighted by Gasteiger charge is -2.35. The summed E-state index contributed by atoms with van der Waals surface area (Å²) in [6.45, 7) is 1.38. The third-order valence-corrected chi connectivity index (χ3v) is 5.63. The van der Waals surface area contributed by atoms with Crippen LogP contribution in [0.1, 0.15) is 17.3 Å². The van der Waals surface area contributed by atoms with E-state index in [1.165, 1.54) is 36.5 Å². The first-order valence-electron chi connectivity index (χ1n) is 11.1. The second kappa shape index (κ2) is 10.8. The zero-order valence-corrected chi connectivity index (χ0v) is 19.4. The SMILES string of the molecule is CC(=O)N1CCN(c2ccc(NC(=O)n3nccc3NC(=O)c3ccc(OC(F)F)cc3)cc2)CC1. The van der Waals surface area contributed by atoms with E-state index in [4.69, 9.17) is 0 Å². The van der Waals surface area contributed by atoms with Crippen LogP contribution in [-0.4, -0.2) is 65.3 Å². The molecule has 0 unspecified atom stereocenters. The van der Waals surface area contributed by atoms with E-state index in [9.17, 15) is 23.2 Å². The number of benzene rings is 2. The van der Waals surface area contributed by atoms with Crippen LogP contribution < -0.4 is 20.3 Å². The maximum Gasteiger partial charge on any atom is 0.387 e. The number of piperazine rings is 1. The Balaban J connectivity index is 1.35. The molecule has 1 saturated heterocycles. The Morgan fingerprint density at radius 1 is 0.917 bits per heavy atom. The lowest BCUT2D eigenvalue weighted by atomic mass is 10.2. The van der Waals surface area contributed by atoms with Crippen molar-refractivity contribution in [2.45, 2.75) is 13.5 Å². The van der Waals surface area contributed by atoms with Gasteiger partial charge in [-0.3, -0.25) is 9.59 Å². The van der Waals surface area contributed by atoms with Gasteiger partial charge in [-0.1, -0.05) is 0 Å². The third kappa shape index (κ3) is 5.95. The van der Waals surface area contributed by atoms with Crippen molar-refractivity contribution in [3.05, 3.63) is 66.4 Å². The molecule has 3 aromatic rings. The van der Waals surface area contributed by atoms with Crippen LogP contribution in [0, 0.1) is 0 Å². The summed E-state index contributed by atoms with van der Waals surface area (Å²) < 4.78 is 29.8. The summed E-state index contributed by atoms with van der Waals surface area (Å²) in [5.41, 5.74) is 1.70. The van der Waals surface area contributed by atoms with Gasteiger partial charge in [-0.2, -0.15) is 18.6 Å². The van der Waals surface area contributed by atoms with E-state index in [1.807, 2.05) is 17.0 Å². The van der Waals surface area contributed by atoms with Crippen LogP contribution >= 0.6 is 0 Å². The van der Waals surface area contributed by atoms with Crippen molar-refractivity contribution in [3.8, 4) is 5.75 Å². The molecule has 0 bridgehead atoms. The Morgan fingerprint density at radius 2 is 1.58 bits per heavy atom. The molecule has 0 atom stereocenters. The Labute approximate surface area is 205 Å². The lowest BCUT2D eigenvalue weighted by Crippen LogP contribution is -2.48. The zero-order chi connectivity index (χ0) is 25.7. The maximum absolute atomic E-state index is 12.8. The summed E-state index contributed by atoms with van der Waals surface area (Å²) in [7, 11) is 0. The Bertz CT molecular complexity index is 1220. The van der Waals surface area contributed by atoms with Crippen molar-refractivity contribution in [2.75, 3.05) is 41.7 Å². The molecule has 0 spiro atoms. The first-order chi connectivity index (χ1) is 17.3. The van der Waals surface area contributed by atoms with Crippen LogP contribution in [0.2, 0.25) is 0 Å². The molecule has 1 fully saturated rings. The average Bonchev–Trinajstić information content (AvgIpc) is 3.33. The number of hydrogen-bond acceptors (Lipinski definition) is 6. The maximum atomic E-state index is 12.8. The minimum Gasteiger partial charge on any atom is -0.435 e. The molecule has 12 heteroatoms. The summed E-state index contributed by atoms with van der Waals surface area (Å²) in [6, 6.07) is 13.3. The van der Waals surface area contributed by atoms with Crippen LogP contribution in [-0.2, 0) is 4.79 Å². The Kier molecular flexibility index (Phi) is 7.42. The minimum absolute atomic E-state index is 0.0688.